The third kappa shape index (κ3) is 3.59. The highest BCUT2D eigenvalue weighted by Crippen LogP contribution is 2.27. The summed E-state index contributed by atoms with van der Waals surface area (Å²) in [7, 11) is 0. The van der Waals surface area contributed by atoms with E-state index in [0.29, 0.717) is 0 Å². The van der Waals surface area contributed by atoms with Crippen LogP contribution in [0.1, 0.15) is 18.2 Å². The Kier molecular flexibility index (Phi) is 5.29. The molecule has 0 aliphatic carbocycles. The standard InChI is InChI=1S/C13H15BrN2O5/c14-4-2-1-3-8-6-16(13(20)15-12(8)19)11-5-9(18)10(7-17)21-11/h1-4,6,9-11,17-18H,5,7H2,(H,15,19,20)/b3-1+,4-2+/t9-,10+,11+/m0/s1. The van der Waals surface area contributed by atoms with Crippen molar-refractivity contribution in [3.63, 3.8) is 0 Å². The van der Waals surface area contributed by atoms with Crippen molar-refractivity contribution in [3.05, 3.63) is 49.7 Å². The topological polar surface area (TPSA) is 105 Å². The molecule has 0 unspecified atom stereocenters. The molecule has 0 radical (unpaired) electrons. The molecule has 1 saturated heterocycles. The van der Waals surface area contributed by atoms with Crippen LogP contribution in [-0.2, 0) is 4.74 Å². The Balaban J connectivity index is 2.34. The van der Waals surface area contributed by atoms with E-state index < -0.39 is 29.7 Å². The summed E-state index contributed by atoms with van der Waals surface area (Å²) in [5.41, 5.74) is -0.845. The zero-order chi connectivity index (χ0) is 15.4. The van der Waals surface area contributed by atoms with Gasteiger partial charge in [0.2, 0.25) is 0 Å². The van der Waals surface area contributed by atoms with Gasteiger partial charge in [0.1, 0.15) is 12.3 Å². The van der Waals surface area contributed by atoms with Crippen LogP contribution in [0, 0.1) is 0 Å². The van der Waals surface area contributed by atoms with Crippen LogP contribution in [0.15, 0.2) is 32.9 Å². The van der Waals surface area contributed by atoms with Crippen LogP contribution in [0.2, 0.25) is 0 Å². The van der Waals surface area contributed by atoms with E-state index in [4.69, 9.17) is 9.84 Å². The molecule has 114 valence electrons. The number of rotatable bonds is 4. The predicted octanol–water partition coefficient (Wildman–Crippen LogP) is 0.0991. The number of hydrogen-bond donors (Lipinski definition) is 3. The van der Waals surface area contributed by atoms with Gasteiger partial charge in [0.25, 0.3) is 5.56 Å². The van der Waals surface area contributed by atoms with Crippen molar-refractivity contribution in [1.29, 1.82) is 0 Å². The van der Waals surface area contributed by atoms with Gasteiger partial charge >= 0.3 is 5.69 Å². The molecule has 0 spiro atoms. The summed E-state index contributed by atoms with van der Waals surface area (Å²) in [6, 6.07) is 0. The molecule has 1 aromatic heterocycles. The van der Waals surface area contributed by atoms with Gasteiger partial charge in [-0.05, 0) is 11.1 Å². The van der Waals surface area contributed by atoms with Crippen molar-refractivity contribution >= 4 is 22.0 Å². The summed E-state index contributed by atoms with van der Waals surface area (Å²) in [5.74, 6) is 0. The first kappa shape index (κ1) is 15.9. The lowest BCUT2D eigenvalue weighted by Gasteiger charge is -2.14. The van der Waals surface area contributed by atoms with Crippen molar-refractivity contribution in [2.75, 3.05) is 6.61 Å². The summed E-state index contributed by atoms with van der Waals surface area (Å²) >= 11 is 3.10. The SMILES string of the molecule is O=c1[nH]c(=O)n([C@H]2C[C@H](O)[C@@H](CO)O2)cc1/C=C/C=C/Br. The number of ether oxygens (including phenoxy) is 1. The first-order valence-corrected chi connectivity index (χ1v) is 7.21. The van der Waals surface area contributed by atoms with Crippen molar-refractivity contribution < 1.29 is 14.9 Å². The van der Waals surface area contributed by atoms with Crippen LogP contribution < -0.4 is 11.2 Å². The van der Waals surface area contributed by atoms with E-state index in [9.17, 15) is 14.7 Å². The molecule has 1 aromatic rings. The Morgan fingerprint density at radius 1 is 1.48 bits per heavy atom. The van der Waals surface area contributed by atoms with Crippen molar-refractivity contribution in [2.45, 2.75) is 24.9 Å². The quantitative estimate of drug-likeness (QED) is 0.662. The number of hydrogen-bond acceptors (Lipinski definition) is 5. The minimum absolute atomic E-state index is 0.168. The maximum Gasteiger partial charge on any atom is 0.330 e. The second kappa shape index (κ2) is 6.99. The van der Waals surface area contributed by atoms with Crippen molar-refractivity contribution in [1.82, 2.24) is 9.55 Å². The molecular weight excluding hydrogens is 344 g/mol. The predicted molar refractivity (Wildman–Crippen MR) is 80.0 cm³/mol. The monoisotopic (exact) mass is 358 g/mol. The summed E-state index contributed by atoms with van der Waals surface area (Å²) in [4.78, 5) is 27.4. The van der Waals surface area contributed by atoms with Crippen LogP contribution in [-0.4, -0.2) is 38.6 Å². The van der Waals surface area contributed by atoms with Crippen LogP contribution in [0.3, 0.4) is 0 Å². The maximum atomic E-state index is 11.8. The normalized spacial score (nSPS) is 26.1. The number of nitrogens with one attached hydrogen (secondary N) is 1. The van der Waals surface area contributed by atoms with E-state index >= 15 is 0 Å². The molecule has 3 N–H and O–H groups in total. The maximum absolute atomic E-state index is 11.8. The first-order valence-electron chi connectivity index (χ1n) is 6.30. The van der Waals surface area contributed by atoms with Crippen molar-refractivity contribution in [3.8, 4) is 0 Å². The van der Waals surface area contributed by atoms with E-state index in [1.54, 1.807) is 23.2 Å². The molecule has 0 bridgehead atoms. The number of halogens is 1. The highest BCUT2D eigenvalue weighted by atomic mass is 79.9. The van der Waals surface area contributed by atoms with Crippen LogP contribution in [0.5, 0.6) is 0 Å². The lowest BCUT2D eigenvalue weighted by atomic mass is 10.2. The van der Waals surface area contributed by atoms with Gasteiger partial charge in [-0.3, -0.25) is 14.3 Å². The van der Waals surface area contributed by atoms with E-state index in [-0.39, 0.29) is 18.6 Å². The molecule has 0 aromatic carbocycles. The third-order valence-corrected chi connectivity index (χ3v) is 3.45. The number of aliphatic hydroxyl groups excluding tert-OH is 2. The summed E-state index contributed by atoms with van der Waals surface area (Å²) in [5, 5.41) is 18.8. The highest BCUT2D eigenvalue weighted by Gasteiger charge is 2.35. The Morgan fingerprint density at radius 3 is 2.86 bits per heavy atom. The Morgan fingerprint density at radius 2 is 2.24 bits per heavy atom. The van der Waals surface area contributed by atoms with Crippen molar-refractivity contribution in [2.24, 2.45) is 0 Å². The van der Waals surface area contributed by atoms with E-state index in [1.807, 2.05) is 0 Å². The number of H-pyrrole nitrogens is 1. The largest absolute Gasteiger partial charge is 0.394 e. The van der Waals surface area contributed by atoms with Gasteiger partial charge in [0.05, 0.1) is 18.3 Å². The number of aromatic nitrogens is 2. The first-order chi connectivity index (χ1) is 10.1. The number of allylic oxidation sites excluding steroid dienone is 2. The molecule has 8 heteroatoms. The zero-order valence-corrected chi connectivity index (χ0v) is 12.6. The minimum Gasteiger partial charge on any atom is -0.394 e. The minimum atomic E-state index is -0.853. The average molecular weight is 359 g/mol. The van der Waals surface area contributed by atoms with E-state index in [2.05, 4.69) is 20.9 Å². The smallest absolute Gasteiger partial charge is 0.330 e. The Labute approximate surface area is 128 Å². The number of nitrogens with zero attached hydrogens (tertiary/aromatic N) is 1. The van der Waals surface area contributed by atoms with Crippen LogP contribution >= 0.6 is 15.9 Å². The zero-order valence-electron chi connectivity index (χ0n) is 11.0. The molecule has 2 rings (SSSR count). The summed E-state index contributed by atoms with van der Waals surface area (Å²) in [6.45, 7) is -0.335. The van der Waals surface area contributed by atoms with Gasteiger partial charge in [0, 0.05) is 12.6 Å². The van der Waals surface area contributed by atoms with E-state index in [0.717, 1.165) is 0 Å². The number of aliphatic hydroxyl groups is 2. The molecule has 3 atom stereocenters. The Bertz CT molecular complexity index is 663. The lowest BCUT2D eigenvalue weighted by molar-refractivity contribution is -0.0459. The molecule has 2 heterocycles. The third-order valence-electron chi connectivity index (χ3n) is 3.15. The molecule has 1 fully saturated rings. The highest BCUT2D eigenvalue weighted by molar-refractivity contribution is 9.11. The fourth-order valence-electron chi connectivity index (χ4n) is 2.09. The fourth-order valence-corrected chi connectivity index (χ4v) is 2.26. The molecular formula is C13H15BrN2O5. The summed E-state index contributed by atoms with van der Waals surface area (Å²) < 4.78 is 6.61. The Hall–Kier alpha value is -1.48. The van der Waals surface area contributed by atoms with Gasteiger partial charge in [-0.1, -0.05) is 28.1 Å². The molecule has 21 heavy (non-hydrogen) atoms. The number of aromatic amines is 1. The van der Waals surface area contributed by atoms with Crippen LogP contribution in [0.4, 0.5) is 0 Å². The van der Waals surface area contributed by atoms with E-state index in [1.165, 1.54) is 10.8 Å². The van der Waals surface area contributed by atoms with Gasteiger partial charge in [-0.2, -0.15) is 0 Å². The van der Waals surface area contributed by atoms with Gasteiger partial charge in [0.15, 0.2) is 0 Å². The molecule has 1 aliphatic rings. The second-order valence-electron chi connectivity index (χ2n) is 4.54. The van der Waals surface area contributed by atoms with Gasteiger partial charge in [-0.25, -0.2) is 4.79 Å². The molecule has 1 aliphatic heterocycles. The fraction of sp³-hybridized carbons (Fsp3) is 0.385. The molecule has 0 amide bonds. The van der Waals surface area contributed by atoms with Crippen LogP contribution in [0.25, 0.3) is 6.08 Å². The second-order valence-corrected chi connectivity index (χ2v) is 5.07. The molecule has 7 nitrogen and oxygen atoms in total. The average Bonchev–Trinajstić information content (AvgIpc) is 2.82. The summed E-state index contributed by atoms with van der Waals surface area (Å²) in [6.07, 6.45) is 4.08. The lowest BCUT2D eigenvalue weighted by Crippen LogP contribution is -2.33. The molecule has 0 saturated carbocycles. The van der Waals surface area contributed by atoms with Gasteiger partial charge in [-0.15, -0.1) is 0 Å². The van der Waals surface area contributed by atoms with Gasteiger partial charge < -0.3 is 14.9 Å².